The van der Waals surface area contributed by atoms with Crippen LogP contribution in [0.5, 0.6) is 0 Å². The molecule has 1 heterocycles. The molecule has 0 saturated heterocycles. The Hall–Kier alpha value is -1.13. The molecule has 0 amide bonds. The largest absolute Gasteiger partial charge is 0.397 e. The van der Waals surface area contributed by atoms with Gasteiger partial charge < -0.3 is 10.6 Å². The van der Waals surface area contributed by atoms with Crippen LogP contribution >= 0.6 is 0 Å². The second-order valence-electron chi connectivity index (χ2n) is 2.55. The zero-order chi connectivity index (χ0) is 8.97. The number of hydrogen-bond acceptors (Lipinski definition) is 4. The van der Waals surface area contributed by atoms with E-state index in [1.165, 1.54) is 0 Å². The second kappa shape index (κ2) is 4.04. The third-order valence-corrected chi connectivity index (χ3v) is 1.54. The van der Waals surface area contributed by atoms with Crippen molar-refractivity contribution >= 4 is 5.69 Å². The molecule has 0 aromatic carbocycles. The van der Waals surface area contributed by atoms with Gasteiger partial charge in [0.1, 0.15) is 0 Å². The van der Waals surface area contributed by atoms with Crippen molar-refractivity contribution in [1.29, 1.82) is 0 Å². The number of hydroxylamine groups is 2. The Morgan fingerprint density at radius 1 is 1.58 bits per heavy atom. The molecule has 4 heteroatoms. The van der Waals surface area contributed by atoms with Gasteiger partial charge in [0.25, 0.3) is 0 Å². The maximum atomic E-state index is 5.48. The van der Waals surface area contributed by atoms with Crippen LogP contribution in [0.15, 0.2) is 18.3 Å². The van der Waals surface area contributed by atoms with Crippen molar-refractivity contribution in [2.75, 3.05) is 19.9 Å². The van der Waals surface area contributed by atoms with Crippen LogP contribution in [0.2, 0.25) is 0 Å². The highest BCUT2D eigenvalue weighted by atomic mass is 16.7. The third-order valence-electron chi connectivity index (χ3n) is 1.54. The summed E-state index contributed by atoms with van der Waals surface area (Å²) < 4.78 is 0. The summed E-state index contributed by atoms with van der Waals surface area (Å²) in [6.07, 6.45) is 1.64. The van der Waals surface area contributed by atoms with E-state index in [1.807, 2.05) is 19.2 Å². The van der Waals surface area contributed by atoms with E-state index in [1.54, 1.807) is 18.4 Å². The lowest BCUT2D eigenvalue weighted by atomic mass is 10.3. The summed E-state index contributed by atoms with van der Waals surface area (Å²) in [6.45, 7) is 0.663. The van der Waals surface area contributed by atoms with Crippen LogP contribution in [-0.4, -0.2) is 24.2 Å². The minimum atomic E-state index is 0.663. The molecule has 0 aliphatic carbocycles. The molecule has 0 fully saturated rings. The van der Waals surface area contributed by atoms with Gasteiger partial charge in [-0.15, -0.1) is 0 Å². The maximum Gasteiger partial charge on any atom is 0.0661 e. The highest BCUT2D eigenvalue weighted by Gasteiger charge is 1.98. The van der Waals surface area contributed by atoms with E-state index in [-0.39, 0.29) is 0 Å². The van der Waals surface area contributed by atoms with Crippen LogP contribution in [0, 0.1) is 0 Å². The van der Waals surface area contributed by atoms with Gasteiger partial charge in [0.15, 0.2) is 0 Å². The molecule has 0 unspecified atom stereocenters. The number of nitrogen functional groups attached to an aromatic ring is 1. The topological polar surface area (TPSA) is 51.4 Å². The molecule has 0 aliphatic rings. The molecule has 12 heavy (non-hydrogen) atoms. The first kappa shape index (κ1) is 8.96. The zero-order valence-electron chi connectivity index (χ0n) is 7.32. The van der Waals surface area contributed by atoms with E-state index in [0.717, 1.165) is 5.69 Å². The molecule has 1 rings (SSSR count). The number of pyridine rings is 1. The SMILES string of the molecule is CON(C)Cc1ccc(N)cn1. The standard InChI is InChI=1S/C8H13N3O/c1-11(12-2)6-8-4-3-7(9)5-10-8/h3-5H,6,9H2,1-2H3. The Balaban J connectivity index is 2.58. The Morgan fingerprint density at radius 2 is 2.33 bits per heavy atom. The maximum absolute atomic E-state index is 5.48. The van der Waals surface area contributed by atoms with Crippen molar-refractivity contribution in [1.82, 2.24) is 10.0 Å². The first-order valence-corrected chi connectivity index (χ1v) is 3.68. The molecule has 0 spiro atoms. The Morgan fingerprint density at radius 3 is 2.83 bits per heavy atom. The van der Waals surface area contributed by atoms with Gasteiger partial charge in [0.2, 0.25) is 0 Å². The van der Waals surface area contributed by atoms with Crippen molar-refractivity contribution in [2.45, 2.75) is 6.54 Å². The fraction of sp³-hybridized carbons (Fsp3) is 0.375. The van der Waals surface area contributed by atoms with Crippen LogP contribution in [-0.2, 0) is 11.4 Å². The smallest absolute Gasteiger partial charge is 0.0661 e. The van der Waals surface area contributed by atoms with Crippen LogP contribution in [0.1, 0.15) is 5.69 Å². The average Bonchev–Trinajstić information content (AvgIpc) is 2.09. The minimum absolute atomic E-state index is 0.663. The van der Waals surface area contributed by atoms with Crippen molar-refractivity contribution in [2.24, 2.45) is 0 Å². The van der Waals surface area contributed by atoms with E-state index in [2.05, 4.69) is 4.98 Å². The molecule has 0 atom stereocenters. The fourth-order valence-electron chi connectivity index (χ4n) is 0.822. The van der Waals surface area contributed by atoms with Gasteiger partial charge in [0, 0.05) is 7.05 Å². The number of anilines is 1. The number of hydrogen-bond donors (Lipinski definition) is 1. The molecular formula is C8H13N3O. The molecule has 0 bridgehead atoms. The van der Waals surface area contributed by atoms with Gasteiger partial charge in [-0.25, -0.2) is 0 Å². The molecule has 1 aromatic rings. The van der Waals surface area contributed by atoms with Gasteiger partial charge in [0.05, 0.1) is 31.2 Å². The van der Waals surface area contributed by atoms with Gasteiger partial charge in [-0.05, 0) is 12.1 Å². The predicted octanol–water partition coefficient (Wildman–Crippen LogP) is 0.657. The van der Waals surface area contributed by atoms with E-state index in [9.17, 15) is 0 Å². The average molecular weight is 167 g/mol. The lowest BCUT2D eigenvalue weighted by Crippen LogP contribution is -2.16. The lowest BCUT2D eigenvalue weighted by Gasteiger charge is -2.12. The summed E-state index contributed by atoms with van der Waals surface area (Å²) >= 11 is 0. The second-order valence-corrected chi connectivity index (χ2v) is 2.55. The van der Waals surface area contributed by atoms with Crippen molar-refractivity contribution in [3.05, 3.63) is 24.0 Å². The third kappa shape index (κ3) is 2.48. The predicted molar refractivity (Wildman–Crippen MR) is 47.1 cm³/mol. The molecule has 0 aliphatic heterocycles. The van der Waals surface area contributed by atoms with Gasteiger partial charge in [-0.1, -0.05) is 0 Å². The Kier molecular flexibility index (Phi) is 3.01. The molecule has 4 nitrogen and oxygen atoms in total. The highest BCUT2D eigenvalue weighted by molar-refractivity contribution is 5.34. The normalized spacial score (nSPS) is 10.6. The number of rotatable bonds is 3. The lowest BCUT2D eigenvalue weighted by molar-refractivity contribution is -0.117. The van der Waals surface area contributed by atoms with E-state index >= 15 is 0 Å². The zero-order valence-corrected chi connectivity index (χ0v) is 7.32. The quantitative estimate of drug-likeness (QED) is 0.672. The molecule has 2 N–H and O–H groups in total. The fourth-order valence-corrected chi connectivity index (χ4v) is 0.822. The summed E-state index contributed by atoms with van der Waals surface area (Å²) in [4.78, 5) is 9.07. The van der Waals surface area contributed by atoms with Gasteiger partial charge in [-0.3, -0.25) is 4.98 Å². The summed E-state index contributed by atoms with van der Waals surface area (Å²) in [5, 5.41) is 1.69. The monoisotopic (exact) mass is 167 g/mol. The van der Waals surface area contributed by atoms with Crippen molar-refractivity contribution in [3.63, 3.8) is 0 Å². The molecular weight excluding hydrogens is 154 g/mol. The van der Waals surface area contributed by atoms with Crippen molar-refractivity contribution in [3.8, 4) is 0 Å². The van der Waals surface area contributed by atoms with E-state index in [0.29, 0.717) is 12.2 Å². The van der Waals surface area contributed by atoms with Crippen LogP contribution in [0.4, 0.5) is 5.69 Å². The Bertz CT molecular complexity index is 235. The first-order valence-electron chi connectivity index (χ1n) is 3.68. The summed E-state index contributed by atoms with van der Waals surface area (Å²) in [5.74, 6) is 0. The number of nitrogens with zero attached hydrogens (tertiary/aromatic N) is 2. The first-order chi connectivity index (χ1) is 5.72. The van der Waals surface area contributed by atoms with Crippen LogP contribution in [0.3, 0.4) is 0 Å². The summed E-state index contributed by atoms with van der Waals surface area (Å²) in [6, 6.07) is 3.71. The minimum Gasteiger partial charge on any atom is -0.397 e. The van der Waals surface area contributed by atoms with E-state index in [4.69, 9.17) is 10.6 Å². The Labute approximate surface area is 71.9 Å². The number of aromatic nitrogens is 1. The van der Waals surface area contributed by atoms with E-state index < -0.39 is 0 Å². The molecule has 0 radical (unpaired) electrons. The number of nitrogens with two attached hydrogens (primary N) is 1. The van der Waals surface area contributed by atoms with Crippen LogP contribution in [0.25, 0.3) is 0 Å². The molecule has 66 valence electrons. The van der Waals surface area contributed by atoms with Gasteiger partial charge >= 0.3 is 0 Å². The molecule has 0 saturated carbocycles. The molecule has 1 aromatic heterocycles. The summed E-state index contributed by atoms with van der Waals surface area (Å²) in [7, 11) is 3.47. The van der Waals surface area contributed by atoms with Gasteiger partial charge in [-0.2, -0.15) is 5.06 Å². The summed E-state index contributed by atoms with van der Waals surface area (Å²) in [5.41, 5.74) is 7.10. The van der Waals surface area contributed by atoms with Crippen molar-refractivity contribution < 1.29 is 4.84 Å². The van der Waals surface area contributed by atoms with Crippen LogP contribution < -0.4 is 5.73 Å². The highest BCUT2D eigenvalue weighted by Crippen LogP contribution is 2.03.